The van der Waals surface area contributed by atoms with Crippen molar-refractivity contribution in [3.8, 4) is 0 Å². The van der Waals surface area contributed by atoms with E-state index in [1.54, 1.807) is 0 Å². The fourth-order valence-corrected chi connectivity index (χ4v) is 4.10. The van der Waals surface area contributed by atoms with E-state index in [0.29, 0.717) is 12.8 Å². The third-order valence-electron chi connectivity index (χ3n) is 2.87. The van der Waals surface area contributed by atoms with Crippen molar-refractivity contribution in [2.24, 2.45) is 0 Å². The highest BCUT2D eigenvalue weighted by atomic mass is 31.2. The van der Waals surface area contributed by atoms with Crippen LogP contribution in [0, 0.1) is 0 Å². The third-order valence-corrected chi connectivity index (χ3v) is 7.00. The highest BCUT2D eigenvalue weighted by Crippen LogP contribution is 2.59. The maximum Gasteiger partial charge on any atom is 0.169 e. The lowest BCUT2D eigenvalue weighted by Gasteiger charge is -2.33. The Bertz CT molecular complexity index is 135. The van der Waals surface area contributed by atoms with Gasteiger partial charge in [-0.3, -0.25) is 0 Å². The first-order valence-electron chi connectivity index (χ1n) is 4.26. The van der Waals surface area contributed by atoms with E-state index in [1.807, 2.05) is 0 Å². The molecule has 1 aliphatic heterocycles. The maximum atomic E-state index is 9.28. The summed E-state index contributed by atoms with van der Waals surface area (Å²) < 4.78 is 0. The van der Waals surface area contributed by atoms with Crippen molar-refractivity contribution >= 4 is 7.26 Å². The number of hydrogen-bond donors (Lipinski definition) is 2. The highest BCUT2D eigenvalue weighted by Gasteiger charge is 2.41. The van der Waals surface area contributed by atoms with Crippen LogP contribution < -0.4 is 0 Å². The first kappa shape index (κ1) is 9.44. The Kier molecular flexibility index (Phi) is 2.58. The molecule has 66 valence electrons. The first-order chi connectivity index (χ1) is 4.97. The smallest absolute Gasteiger partial charge is 0.169 e. The van der Waals surface area contributed by atoms with Gasteiger partial charge in [0.25, 0.3) is 0 Å². The molecule has 1 fully saturated rings. The molecule has 3 heteroatoms. The molecule has 0 unspecified atom stereocenters. The SMILES string of the molecule is CC[P+]1(C)CCC(O)(O)CC1. The van der Waals surface area contributed by atoms with E-state index in [1.165, 1.54) is 6.16 Å². The third kappa shape index (κ3) is 2.40. The predicted octanol–water partition coefficient (Wildman–Crippen LogP) is 1.13. The van der Waals surface area contributed by atoms with Gasteiger partial charge in [0.1, 0.15) is 0 Å². The van der Waals surface area contributed by atoms with E-state index in [4.69, 9.17) is 0 Å². The average molecular weight is 177 g/mol. The molecule has 0 aromatic carbocycles. The molecule has 0 atom stereocenters. The van der Waals surface area contributed by atoms with Crippen LogP contribution in [-0.2, 0) is 0 Å². The summed E-state index contributed by atoms with van der Waals surface area (Å²) in [5.41, 5.74) is 0. The zero-order chi connectivity index (χ0) is 8.54. The molecule has 0 bridgehead atoms. The number of hydrogen-bond acceptors (Lipinski definition) is 2. The van der Waals surface area contributed by atoms with E-state index < -0.39 is 13.0 Å². The van der Waals surface area contributed by atoms with Crippen molar-refractivity contribution in [3.05, 3.63) is 0 Å². The predicted molar refractivity (Wildman–Crippen MR) is 49.5 cm³/mol. The largest absolute Gasteiger partial charge is 0.365 e. The molecular weight excluding hydrogens is 159 g/mol. The summed E-state index contributed by atoms with van der Waals surface area (Å²) in [6.45, 7) is 4.55. The minimum atomic E-state index is -1.34. The van der Waals surface area contributed by atoms with Crippen LogP contribution in [0.1, 0.15) is 19.8 Å². The number of rotatable bonds is 1. The summed E-state index contributed by atoms with van der Waals surface area (Å²) in [6, 6.07) is 0. The molecule has 0 aliphatic carbocycles. The Morgan fingerprint density at radius 3 is 2.09 bits per heavy atom. The van der Waals surface area contributed by atoms with Gasteiger partial charge in [-0.1, -0.05) is 0 Å². The molecule has 11 heavy (non-hydrogen) atoms. The van der Waals surface area contributed by atoms with E-state index in [0.717, 1.165) is 12.3 Å². The molecule has 2 N–H and O–H groups in total. The van der Waals surface area contributed by atoms with E-state index >= 15 is 0 Å². The van der Waals surface area contributed by atoms with Crippen molar-refractivity contribution in [1.29, 1.82) is 0 Å². The Morgan fingerprint density at radius 2 is 1.73 bits per heavy atom. The summed E-state index contributed by atoms with van der Waals surface area (Å²) in [7, 11) is -0.744. The zero-order valence-electron chi connectivity index (χ0n) is 7.38. The lowest BCUT2D eigenvalue weighted by Crippen LogP contribution is -2.35. The first-order valence-corrected chi connectivity index (χ1v) is 7.05. The lowest BCUT2D eigenvalue weighted by atomic mass is 10.1. The Morgan fingerprint density at radius 1 is 1.27 bits per heavy atom. The summed E-state index contributed by atoms with van der Waals surface area (Å²) >= 11 is 0. The van der Waals surface area contributed by atoms with Crippen LogP contribution in [0.15, 0.2) is 0 Å². The second-order valence-corrected chi connectivity index (χ2v) is 8.63. The second-order valence-electron chi connectivity index (χ2n) is 3.87. The minimum Gasteiger partial charge on any atom is -0.365 e. The summed E-state index contributed by atoms with van der Waals surface area (Å²) in [5, 5.41) is 18.6. The van der Waals surface area contributed by atoms with Gasteiger partial charge in [-0.2, -0.15) is 0 Å². The normalized spacial score (nSPS) is 28.4. The van der Waals surface area contributed by atoms with Gasteiger partial charge in [-0.15, -0.1) is 0 Å². The van der Waals surface area contributed by atoms with Crippen molar-refractivity contribution in [1.82, 2.24) is 0 Å². The van der Waals surface area contributed by atoms with E-state index in [-0.39, 0.29) is 0 Å². The van der Waals surface area contributed by atoms with Gasteiger partial charge in [0.15, 0.2) is 5.79 Å². The monoisotopic (exact) mass is 177 g/mol. The highest BCUT2D eigenvalue weighted by molar-refractivity contribution is 7.75. The summed E-state index contributed by atoms with van der Waals surface area (Å²) in [5.74, 6) is -1.34. The minimum absolute atomic E-state index is 0.588. The molecule has 1 aliphatic rings. The molecule has 0 spiro atoms. The van der Waals surface area contributed by atoms with Gasteiger partial charge in [0, 0.05) is 26.8 Å². The van der Waals surface area contributed by atoms with Crippen molar-refractivity contribution in [2.45, 2.75) is 25.6 Å². The Balaban J connectivity index is 2.48. The van der Waals surface area contributed by atoms with Gasteiger partial charge >= 0.3 is 0 Å². The Labute approximate surface area is 69.0 Å². The van der Waals surface area contributed by atoms with Crippen molar-refractivity contribution < 1.29 is 10.2 Å². The maximum absolute atomic E-state index is 9.28. The lowest BCUT2D eigenvalue weighted by molar-refractivity contribution is -0.164. The fraction of sp³-hybridized carbons (Fsp3) is 1.00. The van der Waals surface area contributed by atoms with Gasteiger partial charge in [-0.25, -0.2) is 0 Å². The molecule has 2 nitrogen and oxygen atoms in total. The van der Waals surface area contributed by atoms with Crippen LogP contribution in [0.4, 0.5) is 0 Å². The van der Waals surface area contributed by atoms with Gasteiger partial charge in [-0.05, 0) is 6.92 Å². The molecule has 0 radical (unpaired) electrons. The standard InChI is InChI=1S/C8H18O2P/c1-3-11(2)6-4-8(9,10)5-7-11/h9-10H,3-7H2,1-2H3/q+1. The second kappa shape index (κ2) is 3.01. The molecule has 0 aromatic heterocycles. The molecule has 0 amide bonds. The zero-order valence-corrected chi connectivity index (χ0v) is 8.27. The fourth-order valence-electron chi connectivity index (χ4n) is 1.45. The van der Waals surface area contributed by atoms with Gasteiger partial charge in [0.05, 0.1) is 18.5 Å². The molecule has 1 heterocycles. The van der Waals surface area contributed by atoms with Crippen LogP contribution in [0.3, 0.4) is 0 Å². The average Bonchev–Trinajstić information content (AvgIpc) is 1.97. The van der Waals surface area contributed by atoms with Crippen molar-refractivity contribution in [2.75, 3.05) is 25.2 Å². The summed E-state index contributed by atoms with van der Waals surface area (Å²) in [4.78, 5) is 0. The molecular formula is C8H18O2P+. The molecule has 1 saturated heterocycles. The van der Waals surface area contributed by atoms with E-state index in [2.05, 4.69) is 13.6 Å². The molecule has 0 saturated carbocycles. The van der Waals surface area contributed by atoms with Gasteiger partial charge < -0.3 is 10.2 Å². The van der Waals surface area contributed by atoms with Crippen LogP contribution in [0.25, 0.3) is 0 Å². The van der Waals surface area contributed by atoms with Crippen LogP contribution in [0.2, 0.25) is 0 Å². The molecule has 1 rings (SSSR count). The van der Waals surface area contributed by atoms with Gasteiger partial charge in [0.2, 0.25) is 0 Å². The Hall–Kier alpha value is 0.350. The van der Waals surface area contributed by atoms with E-state index in [9.17, 15) is 10.2 Å². The molecule has 0 aromatic rings. The van der Waals surface area contributed by atoms with Crippen LogP contribution in [0.5, 0.6) is 0 Å². The quantitative estimate of drug-likeness (QED) is 0.465. The topological polar surface area (TPSA) is 40.5 Å². The van der Waals surface area contributed by atoms with Crippen molar-refractivity contribution in [3.63, 3.8) is 0 Å². The summed E-state index contributed by atoms with van der Waals surface area (Å²) in [6.07, 6.45) is 4.53. The van der Waals surface area contributed by atoms with Crippen LogP contribution in [-0.4, -0.2) is 41.2 Å². The number of aliphatic hydroxyl groups is 2. The van der Waals surface area contributed by atoms with Crippen LogP contribution >= 0.6 is 7.26 Å².